The topological polar surface area (TPSA) is 51.2 Å². The highest BCUT2D eigenvalue weighted by Crippen LogP contribution is 2.38. The number of hydrogen-bond donors (Lipinski definition) is 1. The molecule has 0 aliphatic carbocycles. The van der Waals surface area contributed by atoms with Crippen LogP contribution >= 0.6 is 34.8 Å². The standard InChI is InChI=1S/C11H9Cl3N2O2/c1-5-9(14)18-10(17)11(2,16-5)8-6(12)3-15-4-7(8)13/h3-4,16H,1-2H3/t11-/m1/s1. The van der Waals surface area contributed by atoms with Crippen molar-refractivity contribution in [3.8, 4) is 0 Å². The number of nitrogens with one attached hydrogen (secondary N) is 1. The van der Waals surface area contributed by atoms with Crippen LogP contribution in [0.1, 0.15) is 19.4 Å². The van der Waals surface area contributed by atoms with Crippen molar-refractivity contribution in [3.05, 3.63) is 38.9 Å². The highest BCUT2D eigenvalue weighted by Gasteiger charge is 2.44. The molecule has 0 unspecified atom stereocenters. The van der Waals surface area contributed by atoms with Crippen LogP contribution in [0.25, 0.3) is 0 Å². The van der Waals surface area contributed by atoms with E-state index in [1.165, 1.54) is 12.4 Å². The van der Waals surface area contributed by atoms with Crippen LogP contribution in [0.4, 0.5) is 0 Å². The van der Waals surface area contributed by atoms with Gasteiger partial charge in [-0.3, -0.25) is 4.98 Å². The molecule has 0 radical (unpaired) electrons. The molecule has 0 saturated heterocycles. The fourth-order valence-corrected chi connectivity index (χ4v) is 2.65. The van der Waals surface area contributed by atoms with Gasteiger partial charge in [-0.1, -0.05) is 23.2 Å². The first-order valence-corrected chi connectivity index (χ1v) is 6.16. The zero-order chi connectivity index (χ0) is 13.5. The van der Waals surface area contributed by atoms with Gasteiger partial charge in [0.2, 0.25) is 5.22 Å². The summed E-state index contributed by atoms with van der Waals surface area (Å²) in [5.41, 5.74) is -0.253. The molecule has 0 fully saturated rings. The maximum Gasteiger partial charge on any atom is 0.342 e. The van der Waals surface area contributed by atoms with E-state index in [0.29, 0.717) is 11.3 Å². The van der Waals surface area contributed by atoms with E-state index in [-0.39, 0.29) is 15.3 Å². The summed E-state index contributed by atoms with van der Waals surface area (Å²) in [5.74, 6) is -0.576. The Kier molecular flexibility index (Phi) is 3.45. The Hall–Kier alpha value is -0.970. The van der Waals surface area contributed by atoms with Gasteiger partial charge in [0.1, 0.15) is 0 Å². The zero-order valence-electron chi connectivity index (χ0n) is 9.55. The Morgan fingerprint density at radius 2 is 1.83 bits per heavy atom. The van der Waals surface area contributed by atoms with Gasteiger partial charge in [0.15, 0.2) is 5.54 Å². The predicted molar refractivity (Wildman–Crippen MR) is 69.4 cm³/mol. The normalized spacial score (nSPS) is 23.7. The molecule has 0 amide bonds. The van der Waals surface area contributed by atoms with Crippen LogP contribution in [0.5, 0.6) is 0 Å². The van der Waals surface area contributed by atoms with Crippen LogP contribution in [0.2, 0.25) is 10.0 Å². The van der Waals surface area contributed by atoms with E-state index in [9.17, 15) is 4.79 Å². The zero-order valence-corrected chi connectivity index (χ0v) is 11.8. The second kappa shape index (κ2) is 4.61. The van der Waals surface area contributed by atoms with Crippen molar-refractivity contribution in [1.29, 1.82) is 0 Å². The molecule has 4 nitrogen and oxygen atoms in total. The molecule has 0 bridgehead atoms. The van der Waals surface area contributed by atoms with Gasteiger partial charge in [-0.15, -0.1) is 0 Å². The number of halogens is 3. The summed E-state index contributed by atoms with van der Waals surface area (Å²) in [6.45, 7) is 3.31. The smallest absolute Gasteiger partial charge is 0.342 e. The van der Waals surface area contributed by atoms with E-state index >= 15 is 0 Å². The Balaban J connectivity index is 2.59. The third kappa shape index (κ3) is 2.05. The van der Waals surface area contributed by atoms with Crippen molar-refractivity contribution in [2.45, 2.75) is 19.4 Å². The maximum atomic E-state index is 12.0. The summed E-state index contributed by atoms with van der Waals surface area (Å²) in [5, 5.41) is 3.54. The van der Waals surface area contributed by atoms with E-state index in [2.05, 4.69) is 10.3 Å². The van der Waals surface area contributed by atoms with Crippen molar-refractivity contribution in [2.24, 2.45) is 0 Å². The van der Waals surface area contributed by atoms with Gasteiger partial charge >= 0.3 is 5.97 Å². The summed E-state index contributed by atoms with van der Waals surface area (Å²) in [7, 11) is 0. The van der Waals surface area contributed by atoms with E-state index in [1.54, 1.807) is 13.8 Å². The number of pyridine rings is 1. The molecule has 2 heterocycles. The molecule has 96 valence electrons. The Bertz CT molecular complexity index is 539. The van der Waals surface area contributed by atoms with Gasteiger partial charge in [-0.05, 0) is 25.4 Å². The average molecular weight is 308 g/mol. The number of ether oxygens (including phenoxy) is 1. The predicted octanol–water partition coefficient (Wildman–Crippen LogP) is 3.18. The lowest BCUT2D eigenvalue weighted by Crippen LogP contribution is -2.50. The summed E-state index contributed by atoms with van der Waals surface area (Å²) < 4.78 is 4.98. The number of rotatable bonds is 1. The first kappa shape index (κ1) is 13.5. The van der Waals surface area contributed by atoms with Crippen molar-refractivity contribution in [1.82, 2.24) is 10.3 Å². The second-order valence-electron chi connectivity index (χ2n) is 4.02. The average Bonchev–Trinajstić information content (AvgIpc) is 2.26. The number of esters is 1. The Morgan fingerprint density at radius 3 is 2.39 bits per heavy atom. The first-order valence-electron chi connectivity index (χ1n) is 5.02. The van der Waals surface area contributed by atoms with E-state index in [1.807, 2.05) is 0 Å². The molecule has 1 aliphatic rings. The minimum atomic E-state index is -1.19. The molecule has 2 rings (SSSR count). The van der Waals surface area contributed by atoms with Crippen LogP contribution in [0.15, 0.2) is 23.3 Å². The molecule has 1 aromatic heterocycles. The molecule has 0 aromatic carbocycles. The second-order valence-corrected chi connectivity index (χ2v) is 5.17. The number of aromatic nitrogens is 1. The highest BCUT2D eigenvalue weighted by atomic mass is 35.5. The van der Waals surface area contributed by atoms with Gasteiger partial charge in [-0.25, -0.2) is 4.79 Å². The number of cyclic esters (lactones) is 1. The third-order valence-electron chi connectivity index (χ3n) is 2.68. The molecular weight excluding hydrogens is 298 g/mol. The van der Waals surface area contributed by atoms with Crippen molar-refractivity contribution < 1.29 is 9.53 Å². The number of carbonyl (C=O) groups excluding carboxylic acids is 1. The van der Waals surface area contributed by atoms with Gasteiger partial charge in [0.25, 0.3) is 0 Å². The quantitative estimate of drug-likeness (QED) is 0.810. The molecule has 0 spiro atoms. The Morgan fingerprint density at radius 1 is 1.28 bits per heavy atom. The number of hydrogen-bond acceptors (Lipinski definition) is 4. The van der Waals surface area contributed by atoms with E-state index < -0.39 is 11.5 Å². The first-order chi connectivity index (χ1) is 8.36. The lowest BCUT2D eigenvalue weighted by molar-refractivity contribution is -0.147. The summed E-state index contributed by atoms with van der Waals surface area (Å²) in [6.07, 6.45) is 2.83. The molecule has 0 saturated carbocycles. The third-order valence-corrected chi connectivity index (χ3v) is 3.61. The van der Waals surface area contributed by atoms with Crippen LogP contribution in [-0.2, 0) is 15.1 Å². The highest BCUT2D eigenvalue weighted by molar-refractivity contribution is 6.36. The minimum absolute atomic E-state index is 0.0128. The molecule has 7 heteroatoms. The largest absolute Gasteiger partial charge is 0.410 e. The molecule has 1 atom stereocenters. The van der Waals surface area contributed by atoms with Gasteiger partial charge < -0.3 is 10.1 Å². The number of allylic oxidation sites excluding steroid dienone is 1. The fourth-order valence-electron chi connectivity index (χ4n) is 1.79. The van der Waals surface area contributed by atoms with Gasteiger partial charge in [-0.2, -0.15) is 0 Å². The van der Waals surface area contributed by atoms with Crippen LogP contribution in [0, 0.1) is 0 Å². The van der Waals surface area contributed by atoms with E-state index in [4.69, 9.17) is 39.5 Å². The summed E-state index contributed by atoms with van der Waals surface area (Å²) in [6, 6.07) is 0. The van der Waals surface area contributed by atoms with Crippen molar-refractivity contribution in [3.63, 3.8) is 0 Å². The number of carbonyl (C=O) groups is 1. The fraction of sp³-hybridized carbons (Fsp3) is 0.273. The lowest BCUT2D eigenvalue weighted by atomic mass is 9.91. The van der Waals surface area contributed by atoms with Crippen LogP contribution in [0.3, 0.4) is 0 Å². The number of nitrogens with zero attached hydrogens (tertiary/aromatic N) is 1. The molecule has 1 N–H and O–H groups in total. The summed E-state index contributed by atoms with van der Waals surface area (Å²) >= 11 is 17.9. The van der Waals surface area contributed by atoms with Gasteiger partial charge in [0, 0.05) is 18.0 Å². The minimum Gasteiger partial charge on any atom is -0.410 e. The maximum absolute atomic E-state index is 12.0. The monoisotopic (exact) mass is 306 g/mol. The SMILES string of the molecule is CC1=C(Cl)OC(=O)[C@@](C)(c2c(Cl)cncc2Cl)N1. The lowest BCUT2D eigenvalue weighted by Gasteiger charge is -2.34. The molecule has 1 aliphatic heterocycles. The molecule has 1 aromatic rings. The molecule has 18 heavy (non-hydrogen) atoms. The van der Waals surface area contributed by atoms with Crippen molar-refractivity contribution in [2.75, 3.05) is 0 Å². The van der Waals surface area contributed by atoms with Crippen LogP contribution in [-0.4, -0.2) is 11.0 Å². The summed E-state index contributed by atoms with van der Waals surface area (Å²) in [4.78, 5) is 15.9. The molecular formula is C11H9Cl3N2O2. The van der Waals surface area contributed by atoms with Gasteiger partial charge in [0.05, 0.1) is 15.7 Å². The van der Waals surface area contributed by atoms with Crippen molar-refractivity contribution >= 4 is 40.8 Å². The van der Waals surface area contributed by atoms with E-state index in [0.717, 1.165) is 0 Å². The van der Waals surface area contributed by atoms with Crippen LogP contribution < -0.4 is 5.32 Å². The Labute approximate surface area is 119 Å².